The van der Waals surface area contributed by atoms with E-state index in [1.807, 2.05) is 24.9 Å². The van der Waals surface area contributed by atoms with Crippen LogP contribution in [-0.4, -0.2) is 21.1 Å². The van der Waals surface area contributed by atoms with Gasteiger partial charge in [0.2, 0.25) is 0 Å². The van der Waals surface area contributed by atoms with E-state index in [0.29, 0.717) is 0 Å². The maximum Gasteiger partial charge on any atom is 0.0947 e. The van der Waals surface area contributed by atoms with E-state index in [1.165, 1.54) is 5.01 Å². The first kappa shape index (κ1) is 12.3. The topological polar surface area (TPSA) is 42.7 Å². The van der Waals surface area contributed by atoms with Crippen molar-refractivity contribution in [2.24, 2.45) is 7.05 Å². The van der Waals surface area contributed by atoms with Gasteiger partial charge in [-0.3, -0.25) is 0 Å². The molecule has 0 saturated carbocycles. The molecule has 0 radical (unpaired) electrons. The normalized spacial score (nSPS) is 12.9. The van der Waals surface area contributed by atoms with Gasteiger partial charge >= 0.3 is 0 Å². The van der Waals surface area contributed by atoms with Gasteiger partial charge in [0, 0.05) is 30.7 Å². The maximum atomic E-state index is 4.51. The van der Waals surface area contributed by atoms with Gasteiger partial charge in [-0.25, -0.2) is 9.97 Å². The number of likely N-dealkylation sites (N-methyl/N-ethyl adjacent to an activating group) is 1. The SMILES string of the molecule is CCNC(Cc1nc(C)cs1)c1cn(C)cn1. The van der Waals surface area contributed by atoms with E-state index in [2.05, 4.69) is 33.8 Å². The summed E-state index contributed by atoms with van der Waals surface area (Å²) in [4.78, 5) is 8.92. The largest absolute Gasteiger partial charge is 0.340 e. The molecule has 0 aromatic carbocycles. The first-order valence-corrected chi connectivity index (χ1v) is 6.69. The minimum atomic E-state index is 0.256. The fraction of sp³-hybridized carbons (Fsp3) is 0.500. The first-order valence-electron chi connectivity index (χ1n) is 5.81. The van der Waals surface area contributed by atoms with E-state index >= 15 is 0 Å². The molecule has 17 heavy (non-hydrogen) atoms. The molecule has 2 heterocycles. The van der Waals surface area contributed by atoms with Crippen LogP contribution in [0, 0.1) is 6.92 Å². The van der Waals surface area contributed by atoms with Crippen LogP contribution in [0.5, 0.6) is 0 Å². The highest BCUT2D eigenvalue weighted by Crippen LogP contribution is 2.19. The number of hydrogen-bond acceptors (Lipinski definition) is 4. The highest BCUT2D eigenvalue weighted by Gasteiger charge is 2.15. The Kier molecular flexibility index (Phi) is 3.91. The summed E-state index contributed by atoms with van der Waals surface area (Å²) in [7, 11) is 1.99. The zero-order chi connectivity index (χ0) is 12.3. The summed E-state index contributed by atoms with van der Waals surface area (Å²) in [6.45, 7) is 5.08. The van der Waals surface area contributed by atoms with Crippen molar-refractivity contribution in [3.63, 3.8) is 0 Å². The van der Waals surface area contributed by atoms with Crippen LogP contribution < -0.4 is 5.32 Å². The van der Waals surface area contributed by atoms with Gasteiger partial charge in [0.05, 0.1) is 23.1 Å². The third-order valence-corrected chi connectivity index (χ3v) is 3.57. The number of nitrogens with one attached hydrogen (secondary N) is 1. The van der Waals surface area contributed by atoms with Crippen molar-refractivity contribution in [2.45, 2.75) is 26.3 Å². The highest BCUT2D eigenvalue weighted by molar-refractivity contribution is 7.09. The van der Waals surface area contributed by atoms with Crippen LogP contribution in [0.1, 0.15) is 29.4 Å². The summed E-state index contributed by atoms with van der Waals surface area (Å²) >= 11 is 1.72. The predicted octanol–water partition coefficient (Wildman–Crippen LogP) is 2.08. The van der Waals surface area contributed by atoms with Gasteiger partial charge in [0.25, 0.3) is 0 Å². The Morgan fingerprint density at radius 1 is 1.53 bits per heavy atom. The van der Waals surface area contributed by atoms with Crippen LogP contribution in [0.2, 0.25) is 0 Å². The zero-order valence-electron chi connectivity index (χ0n) is 10.5. The molecule has 1 unspecified atom stereocenters. The monoisotopic (exact) mass is 250 g/mol. The van der Waals surface area contributed by atoms with Crippen molar-refractivity contribution in [2.75, 3.05) is 6.54 Å². The quantitative estimate of drug-likeness (QED) is 0.883. The van der Waals surface area contributed by atoms with Gasteiger partial charge in [0.15, 0.2) is 0 Å². The van der Waals surface area contributed by atoms with Gasteiger partial charge < -0.3 is 9.88 Å². The molecule has 0 aliphatic heterocycles. The molecule has 0 fully saturated rings. The number of imidazole rings is 1. The lowest BCUT2D eigenvalue weighted by atomic mass is 10.1. The summed E-state index contributed by atoms with van der Waals surface area (Å²) in [5.74, 6) is 0. The number of rotatable bonds is 5. The second-order valence-electron chi connectivity index (χ2n) is 4.16. The second-order valence-corrected chi connectivity index (χ2v) is 5.10. The second kappa shape index (κ2) is 5.42. The Labute approximate surface area is 106 Å². The van der Waals surface area contributed by atoms with Crippen LogP contribution in [0.15, 0.2) is 17.9 Å². The van der Waals surface area contributed by atoms with Crippen molar-refractivity contribution in [3.8, 4) is 0 Å². The molecule has 0 saturated heterocycles. The summed E-state index contributed by atoms with van der Waals surface area (Å²) in [6, 6.07) is 0.256. The minimum absolute atomic E-state index is 0.256. The van der Waals surface area contributed by atoms with Crippen LogP contribution in [0.4, 0.5) is 0 Å². The Morgan fingerprint density at radius 2 is 2.35 bits per heavy atom. The fourth-order valence-corrected chi connectivity index (χ4v) is 2.63. The lowest BCUT2D eigenvalue weighted by Gasteiger charge is -2.13. The van der Waals surface area contributed by atoms with Crippen molar-refractivity contribution in [1.82, 2.24) is 19.9 Å². The van der Waals surface area contributed by atoms with Crippen molar-refractivity contribution >= 4 is 11.3 Å². The van der Waals surface area contributed by atoms with E-state index < -0.39 is 0 Å². The number of aromatic nitrogens is 3. The van der Waals surface area contributed by atoms with Gasteiger partial charge in [-0.2, -0.15) is 0 Å². The lowest BCUT2D eigenvalue weighted by Crippen LogP contribution is -2.23. The van der Waals surface area contributed by atoms with E-state index in [1.54, 1.807) is 11.3 Å². The Hall–Kier alpha value is -1.20. The van der Waals surface area contributed by atoms with Crippen molar-refractivity contribution in [1.29, 1.82) is 0 Å². The summed E-state index contributed by atoms with van der Waals surface area (Å²) in [5, 5.41) is 6.72. The molecule has 92 valence electrons. The number of thiazole rings is 1. The number of nitrogens with zero attached hydrogens (tertiary/aromatic N) is 3. The average molecular weight is 250 g/mol. The number of aryl methyl sites for hydroxylation is 2. The van der Waals surface area contributed by atoms with E-state index in [9.17, 15) is 0 Å². The minimum Gasteiger partial charge on any atom is -0.340 e. The van der Waals surface area contributed by atoms with Crippen LogP contribution in [0.3, 0.4) is 0 Å². The molecule has 0 amide bonds. The van der Waals surface area contributed by atoms with Crippen molar-refractivity contribution < 1.29 is 0 Å². The Balaban J connectivity index is 2.12. The van der Waals surface area contributed by atoms with Gasteiger partial charge in [0.1, 0.15) is 0 Å². The smallest absolute Gasteiger partial charge is 0.0947 e. The van der Waals surface area contributed by atoms with Crippen molar-refractivity contribution in [3.05, 3.63) is 34.3 Å². The molecule has 5 heteroatoms. The standard InChI is InChI=1S/C12H18N4S/c1-4-13-10(11-6-16(3)8-14-11)5-12-15-9(2)7-17-12/h6-8,10,13H,4-5H2,1-3H3. The van der Waals surface area contributed by atoms with Gasteiger partial charge in [-0.05, 0) is 13.5 Å². The Bertz CT molecular complexity index is 474. The van der Waals surface area contributed by atoms with E-state index in [4.69, 9.17) is 0 Å². The maximum absolute atomic E-state index is 4.51. The molecule has 0 aliphatic rings. The predicted molar refractivity (Wildman–Crippen MR) is 70.2 cm³/mol. The third-order valence-electron chi connectivity index (χ3n) is 2.58. The van der Waals surface area contributed by atoms with Crippen LogP contribution in [-0.2, 0) is 13.5 Å². The molecular weight excluding hydrogens is 232 g/mol. The Morgan fingerprint density at radius 3 is 2.88 bits per heavy atom. The number of hydrogen-bond donors (Lipinski definition) is 1. The molecular formula is C12H18N4S. The zero-order valence-corrected chi connectivity index (χ0v) is 11.3. The van der Waals surface area contributed by atoms with Crippen LogP contribution in [0.25, 0.3) is 0 Å². The molecule has 0 spiro atoms. The molecule has 4 nitrogen and oxygen atoms in total. The molecule has 0 bridgehead atoms. The third kappa shape index (κ3) is 3.14. The lowest BCUT2D eigenvalue weighted by molar-refractivity contribution is 0.537. The molecule has 2 aromatic heterocycles. The fourth-order valence-electron chi connectivity index (χ4n) is 1.81. The average Bonchev–Trinajstić information content (AvgIpc) is 2.87. The molecule has 0 aliphatic carbocycles. The molecule has 1 N–H and O–H groups in total. The summed E-state index contributed by atoms with van der Waals surface area (Å²) in [5.41, 5.74) is 2.18. The molecule has 2 aromatic rings. The first-order chi connectivity index (χ1) is 8.19. The molecule has 2 rings (SSSR count). The summed E-state index contributed by atoms with van der Waals surface area (Å²) < 4.78 is 1.98. The van der Waals surface area contributed by atoms with Gasteiger partial charge in [-0.15, -0.1) is 11.3 Å². The van der Waals surface area contributed by atoms with E-state index in [-0.39, 0.29) is 6.04 Å². The van der Waals surface area contributed by atoms with E-state index in [0.717, 1.165) is 24.4 Å². The molecule has 1 atom stereocenters. The van der Waals surface area contributed by atoms with Gasteiger partial charge in [-0.1, -0.05) is 6.92 Å². The van der Waals surface area contributed by atoms with Crippen LogP contribution >= 0.6 is 11.3 Å². The highest BCUT2D eigenvalue weighted by atomic mass is 32.1. The summed E-state index contributed by atoms with van der Waals surface area (Å²) in [6.07, 6.45) is 4.81.